The normalized spacial score (nSPS) is 10.2. The number of hydrogen-bond acceptors (Lipinski definition) is 4. The van der Waals surface area contributed by atoms with Gasteiger partial charge in [-0.15, -0.1) is 0 Å². The maximum Gasteiger partial charge on any atom is 0.262 e. The number of Topliss-reactive ketones (excluding diaryl/α,β-unsaturated/α-hetero) is 1. The Hall–Kier alpha value is -2.82. The third kappa shape index (κ3) is 4.13. The highest BCUT2D eigenvalue weighted by Gasteiger charge is 2.12. The molecular weight excluding hydrogens is 306 g/mol. The molecule has 2 rings (SSSR count). The number of nitrogens with one attached hydrogen (secondary N) is 1. The minimum Gasteiger partial charge on any atom is -0.495 e. The standard InChI is InChI=1S/C19H21NO4/c1-12-6-5-7-13(2)19(12)24-11-18(22)20-16-10-15(14(3)21)8-9-17(16)23-4/h5-10H,11H2,1-4H3,(H,20,22). The van der Waals surface area contributed by atoms with Crippen molar-refractivity contribution < 1.29 is 19.1 Å². The van der Waals surface area contributed by atoms with E-state index in [0.29, 0.717) is 22.7 Å². The van der Waals surface area contributed by atoms with Gasteiger partial charge in [0.2, 0.25) is 0 Å². The summed E-state index contributed by atoms with van der Waals surface area (Å²) in [5, 5.41) is 2.72. The van der Waals surface area contributed by atoms with Crippen LogP contribution in [0.25, 0.3) is 0 Å². The Bertz CT molecular complexity index is 748. The molecule has 0 bridgehead atoms. The summed E-state index contributed by atoms with van der Waals surface area (Å²) in [6.45, 7) is 5.20. The Morgan fingerprint density at radius 1 is 1.08 bits per heavy atom. The van der Waals surface area contributed by atoms with Crippen molar-refractivity contribution in [3.8, 4) is 11.5 Å². The van der Waals surface area contributed by atoms with E-state index in [1.54, 1.807) is 18.2 Å². The molecule has 2 aromatic carbocycles. The van der Waals surface area contributed by atoms with Crippen molar-refractivity contribution in [2.45, 2.75) is 20.8 Å². The van der Waals surface area contributed by atoms with E-state index in [9.17, 15) is 9.59 Å². The lowest BCUT2D eigenvalue weighted by atomic mass is 10.1. The number of ketones is 1. The molecular formula is C19H21NO4. The van der Waals surface area contributed by atoms with Gasteiger partial charge in [0.1, 0.15) is 11.5 Å². The molecule has 2 aromatic rings. The summed E-state index contributed by atoms with van der Waals surface area (Å²) in [5.41, 5.74) is 2.89. The number of para-hydroxylation sites is 1. The molecule has 24 heavy (non-hydrogen) atoms. The molecule has 1 amide bonds. The van der Waals surface area contributed by atoms with Gasteiger partial charge in [-0.2, -0.15) is 0 Å². The molecule has 5 nitrogen and oxygen atoms in total. The zero-order chi connectivity index (χ0) is 17.7. The number of benzene rings is 2. The summed E-state index contributed by atoms with van der Waals surface area (Å²) in [4.78, 5) is 23.7. The summed E-state index contributed by atoms with van der Waals surface area (Å²) < 4.78 is 10.8. The van der Waals surface area contributed by atoms with E-state index in [1.165, 1.54) is 14.0 Å². The van der Waals surface area contributed by atoms with Gasteiger partial charge in [0.25, 0.3) is 5.91 Å². The molecule has 0 atom stereocenters. The smallest absolute Gasteiger partial charge is 0.262 e. The monoisotopic (exact) mass is 327 g/mol. The summed E-state index contributed by atoms with van der Waals surface area (Å²) >= 11 is 0. The van der Waals surface area contributed by atoms with Crippen LogP contribution in [0.1, 0.15) is 28.4 Å². The second kappa shape index (κ2) is 7.64. The van der Waals surface area contributed by atoms with Crippen LogP contribution >= 0.6 is 0 Å². The Labute approximate surface area is 141 Å². The molecule has 0 aromatic heterocycles. The average Bonchev–Trinajstić information content (AvgIpc) is 2.54. The quantitative estimate of drug-likeness (QED) is 0.824. The molecule has 5 heteroatoms. The van der Waals surface area contributed by atoms with Crippen LogP contribution in [0.4, 0.5) is 5.69 Å². The van der Waals surface area contributed by atoms with Crippen LogP contribution < -0.4 is 14.8 Å². The second-order valence-corrected chi connectivity index (χ2v) is 5.53. The van der Waals surface area contributed by atoms with Crippen molar-refractivity contribution in [1.29, 1.82) is 0 Å². The topological polar surface area (TPSA) is 64.6 Å². The molecule has 0 heterocycles. The Balaban J connectivity index is 2.09. The van der Waals surface area contributed by atoms with Crippen LogP contribution in [-0.2, 0) is 4.79 Å². The Morgan fingerprint density at radius 3 is 2.33 bits per heavy atom. The predicted molar refractivity (Wildman–Crippen MR) is 93.0 cm³/mol. The lowest BCUT2D eigenvalue weighted by molar-refractivity contribution is -0.118. The van der Waals surface area contributed by atoms with Crippen molar-refractivity contribution in [3.63, 3.8) is 0 Å². The zero-order valence-corrected chi connectivity index (χ0v) is 14.3. The van der Waals surface area contributed by atoms with Crippen LogP contribution in [0.3, 0.4) is 0 Å². The number of ether oxygens (including phenoxy) is 2. The van der Waals surface area contributed by atoms with E-state index in [1.807, 2.05) is 32.0 Å². The highest BCUT2D eigenvalue weighted by Crippen LogP contribution is 2.26. The van der Waals surface area contributed by atoms with Crippen molar-refractivity contribution in [2.24, 2.45) is 0 Å². The van der Waals surface area contributed by atoms with Gasteiger partial charge in [-0.05, 0) is 50.1 Å². The minimum absolute atomic E-state index is 0.0834. The number of rotatable bonds is 6. The third-order valence-electron chi connectivity index (χ3n) is 3.64. The molecule has 0 unspecified atom stereocenters. The summed E-state index contributed by atoms with van der Waals surface area (Å²) in [6.07, 6.45) is 0. The number of carbonyl (C=O) groups excluding carboxylic acids is 2. The average molecular weight is 327 g/mol. The van der Waals surface area contributed by atoms with Crippen molar-refractivity contribution in [2.75, 3.05) is 19.0 Å². The van der Waals surface area contributed by atoms with E-state index in [2.05, 4.69) is 5.32 Å². The SMILES string of the molecule is COc1ccc(C(C)=O)cc1NC(=O)COc1c(C)cccc1C. The van der Waals surface area contributed by atoms with Gasteiger partial charge >= 0.3 is 0 Å². The third-order valence-corrected chi connectivity index (χ3v) is 3.64. The zero-order valence-electron chi connectivity index (χ0n) is 14.3. The van der Waals surface area contributed by atoms with Crippen LogP contribution in [0.2, 0.25) is 0 Å². The van der Waals surface area contributed by atoms with E-state index in [4.69, 9.17) is 9.47 Å². The molecule has 0 radical (unpaired) electrons. The maximum atomic E-state index is 12.2. The number of carbonyl (C=O) groups is 2. The molecule has 0 aliphatic carbocycles. The predicted octanol–water partition coefficient (Wildman–Crippen LogP) is 3.53. The molecule has 0 fully saturated rings. The Kier molecular flexibility index (Phi) is 5.58. The van der Waals surface area contributed by atoms with Gasteiger partial charge in [0.05, 0.1) is 12.8 Å². The molecule has 0 aliphatic rings. The van der Waals surface area contributed by atoms with Gasteiger partial charge in [-0.3, -0.25) is 9.59 Å². The maximum absolute atomic E-state index is 12.2. The number of hydrogen-bond donors (Lipinski definition) is 1. The van der Waals surface area contributed by atoms with Gasteiger partial charge in [-0.25, -0.2) is 0 Å². The minimum atomic E-state index is -0.323. The van der Waals surface area contributed by atoms with Gasteiger partial charge < -0.3 is 14.8 Å². The van der Waals surface area contributed by atoms with Crippen molar-refractivity contribution >= 4 is 17.4 Å². The van der Waals surface area contributed by atoms with Crippen molar-refractivity contribution in [3.05, 3.63) is 53.1 Å². The van der Waals surface area contributed by atoms with E-state index >= 15 is 0 Å². The number of anilines is 1. The molecule has 0 saturated carbocycles. The summed E-state index contributed by atoms with van der Waals surface area (Å²) in [6, 6.07) is 10.7. The van der Waals surface area contributed by atoms with Crippen molar-refractivity contribution in [1.82, 2.24) is 0 Å². The van der Waals surface area contributed by atoms with Crippen LogP contribution in [0.5, 0.6) is 11.5 Å². The largest absolute Gasteiger partial charge is 0.495 e. The fourth-order valence-corrected chi connectivity index (χ4v) is 2.38. The number of amides is 1. The summed E-state index contributed by atoms with van der Waals surface area (Å²) in [5.74, 6) is 0.786. The number of aryl methyl sites for hydroxylation is 2. The fourth-order valence-electron chi connectivity index (χ4n) is 2.38. The van der Waals surface area contributed by atoms with Gasteiger partial charge in [0, 0.05) is 5.56 Å². The van der Waals surface area contributed by atoms with Gasteiger partial charge in [0.15, 0.2) is 12.4 Å². The first-order valence-corrected chi connectivity index (χ1v) is 7.60. The summed E-state index contributed by atoms with van der Waals surface area (Å²) in [7, 11) is 1.51. The molecule has 126 valence electrons. The van der Waals surface area contributed by atoms with E-state index < -0.39 is 0 Å². The molecule has 0 saturated heterocycles. The van der Waals surface area contributed by atoms with Gasteiger partial charge in [-0.1, -0.05) is 18.2 Å². The lowest BCUT2D eigenvalue weighted by Crippen LogP contribution is -2.21. The van der Waals surface area contributed by atoms with Crippen LogP contribution in [-0.4, -0.2) is 25.4 Å². The first kappa shape index (κ1) is 17.5. The van der Waals surface area contributed by atoms with Crippen LogP contribution in [0.15, 0.2) is 36.4 Å². The number of methoxy groups -OCH3 is 1. The lowest BCUT2D eigenvalue weighted by Gasteiger charge is -2.14. The van der Waals surface area contributed by atoms with E-state index in [-0.39, 0.29) is 18.3 Å². The highest BCUT2D eigenvalue weighted by atomic mass is 16.5. The highest BCUT2D eigenvalue weighted by molar-refractivity contribution is 5.98. The molecule has 0 aliphatic heterocycles. The fraction of sp³-hybridized carbons (Fsp3) is 0.263. The van der Waals surface area contributed by atoms with Crippen LogP contribution in [0, 0.1) is 13.8 Å². The molecule has 1 N–H and O–H groups in total. The first-order chi connectivity index (χ1) is 11.4. The molecule has 0 spiro atoms. The Morgan fingerprint density at radius 2 is 1.75 bits per heavy atom. The van der Waals surface area contributed by atoms with E-state index in [0.717, 1.165) is 11.1 Å². The second-order valence-electron chi connectivity index (χ2n) is 5.53. The first-order valence-electron chi connectivity index (χ1n) is 7.60.